The lowest BCUT2D eigenvalue weighted by Gasteiger charge is -2.11. The van der Waals surface area contributed by atoms with Gasteiger partial charge in [-0.2, -0.15) is 5.10 Å². The van der Waals surface area contributed by atoms with Crippen molar-refractivity contribution in [2.45, 2.75) is 25.4 Å². The zero-order valence-corrected chi connectivity index (χ0v) is 13.2. The Kier molecular flexibility index (Phi) is 4.57. The summed E-state index contributed by atoms with van der Waals surface area (Å²) < 4.78 is 6.48. The van der Waals surface area contributed by atoms with Crippen LogP contribution in [0.2, 0.25) is 0 Å². The predicted octanol–water partition coefficient (Wildman–Crippen LogP) is 0.264. The van der Waals surface area contributed by atoms with Crippen LogP contribution in [0, 0.1) is 0 Å². The van der Waals surface area contributed by atoms with E-state index >= 15 is 0 Å². The highest BCUT2D eigenvalue weighted by Crippen LogP contribution is 2.15. The average molecular weight is 330 g/mol. The Morgan fingerprint density at radius 3 is 2.75 bits per heavy atom. The molecule has 126 valence electrons. The number of carbonyl (C=O) groups is 2. The first-order chi connectivity index (χ1) is 11.6. The summed E-state index contributed by atoms with van der Waals surface area (Å²) in [7, 11) is 1.47. The Bertz CT molecular complexity index is 840. The van der Waals surface area contributed by atoms with Crippen LogP contribution in [0.25, 0.3) is 10.8 Å². The topological polar surface area (TPSA) is 102 Å². The molecule has 8 nitrogen and oxygen atoms in total. The standard InChI is InChI=1S/C16H18N4O4/c1-20-16(23)12-7-3-2-6-11(12)14(19-20)15(22)18-17-13(21)9-10-5-4-8-24-10/h2-3,6-7,10H,4-5,8-9H2,1H3,(H,17,21)(H,18,22)/t10-/m0/s1. The number of fused-ring (bicyclic) bond motifs is 1. The van der Waals surface area contributed by atoms with Crippen LogP contribution in [0.3, 0.4) is 0 Å². The third-order valence-electron chi connectivity index (χ3n) is 3.92. The molecule has 0 spiro atoms. The van der Waals surface area contributed by atoms with Crippen LogP contribution in [0.4, 0.5) is 0 Å². The van der Waals surface area contributed by atoms with Gasteiger partial charge in [0.2, 0.25) is 5.91 Å². The van der Waals surface area contributed by atoms with E-state index in [1.54, 1.807) is 24.3 Å². The van der Waals surface area contributed by atoms with Crippen molar-refractivity contribution < 1.29 is 14.3 Å². The summed E-state index contributed by atoms with van der Waals surface area (Å²) in [5, 5.41) is 4.83. The molecule has 1 aliphatic heterocycles. The first kappa shape index (κ1) is 16.1. The van der Waals surface area contributed by atoms with Crippen LogP contribution >= 0.6 is 0 Å². The summed E-state index contributed by atoms with van der Waals surface area (Å²) >= 11 is 0. The van der Waals surface area contributed by atoms with Crippen LogP contribution in [-0.4, -0.2) is 34.3 Å². The molecular weight excluding hydrogens is 312 g/mol. The number of amides is 2. The zero-order valence-electron chi connectivity index (χ0n) is 13.2. The molecule has 2 N–H and O–H groups in total. The first-order valence-corrected chi connectivity index (χ1v) is 7.73. The number of carbonyl (C=O) groups excluding carboxylic acids is 2. The lowest BCUT2D eigenvalue weighted by atomic mass is 10.1. The summed E-state index contributed by atoms with van der Waals surface area (Å²) in [5.74, 6) is -0.910. The summed E-state index contributed by atoms with van der Waals surface area (Å²) in [4.78, 5) is 36.2. The van der Waals surface area contributed by atoms with Crippen molar-refractivity contribution in [1.82, 2.24) is 20.6 Å². The minimum atomic E-state index is -0.581. The second-order valence-electron chi connectivity index (χ2n) is 5.66. The molecule has 0 saturated carbocycles. The number of hydrogen-bond acceptors (Lipinski definition) is 5. The highest BCUT2D eigenvalue weighted by atomic mass is 16.5. The highest BCUT2D eigenvalue weighted by molar-refractivity contribution is 6.05. The number of nitrogens with one attached hydrogen (secondary N) is 2. The van der Waals surface area contributed by atoms with Crippen LogP contribution in [0.15, 0.2) is 29.1 Å². The minimum absolute atomic E-state index is 0.0742. The van der Waals surface area contributed by atoms with Gasteiger partial charge in [0.05, 0.1) is 17.9 Å². The van der Waals surface area contributed by atoms with Gasteiger partial charge in [0, 0.05) is 19.0 Å². The third kappa shape index (κ3) is 3.28. The van der Waals surface area contributed by atoms with Crippen molar-refractivity contribution in [3.05, 3.63) is 40.3 Å². The maximum atomic E-state index is 12.3. The maximum Gasteiger partial charge on any atom is 0.290 e. The van der Waals surface area contributed by atoms with Gasteiger partial charge in [-0.05, 0) is 18.9 Å². The largest absolute Gasteiger partial charge is 0.378 e. The third-order valence-corrected chi connectivity index (χ3v) is 3.92. The van der Waals surface area contributed by atoms with E-state index in [-0.39, 0.29) is 29.7 Å². The van der Waals surface area contributed by atoms with E-state index in [4.69, 9.17) is 4.74 Å². The fraction of sp³-hybridized carbons (Fsp3) is 0.375. The molecular formula is C16H18N4O4. The van der Waals surface area contributed by atoms with Gasteiger partial charge < -0.3 is 4.74 Å². The summed E-state index contributed by atoms with van der Waals surface area (Å²) in [5.41, 5.74) is 4.49. The van der Waals surface area contributed by atoms with Gasteiger partial charge in [-0.1, -0.05) is 18.2 Å². The molecule has 1 aromatic heterocycles. The molecule has 0 unspecified atom stereocenters. The SMILES string of the molecule is Cn1nc(C(=O)NNC(=O)C[C@@H]2CCCO2)c2ccccc2c1=O. The molecule has 1 atom stereocenters. The second-order valence-corrected chi connectivity index (χ2v) is 5.66. The monoisotopic (exact) mass is 330 g/mol. The van der Waals surface area contributed by atoms with Crippen molar-refractivity contribution in [1.29, 1.82) is 0 Å². The average Bonchev–Trinajstić information content (AvgIpc) is 3.09. The first-order valence-electron chi connectivity index (χ1n) is 7.73. The molecule has 1 aromatic carbocycles. The van der Waals surface area contributed by atoms with Gasteiger partial charge in [0.15, 0.2) is 5.69 Å². The number of aromatic nitrogens is 2. The van der Waals surface area contributed by atoms with Gasteiger partial charge in [-0.3, -0.25) is 25.2 Å². The number of rotatable bonds is 3. The Hall–Kier alpha value is -2.74. The molecule has 1 aliphatic rings. The number of ether oxygens (including phenoxy) is 1. The van der Waals surface area contributed by atoms with Gasteiger partial charge in [0.1, 0.15) is 0 Å². The zero-order chi connectivity index (χ0) is 17.1. The number of hydrazine groups is 1. The lowest BCUT2D eigenvalue weighted by Crippen LogP contribution is -2.43. The Morgan fingerprint density at radius 1 is 1.29 bits per heavy atom. The van der Waals surface area contributed by atoms with E-state index < -0.39 is 5.91 Å². The number of benzene rings is 1. The molecule has 8 heteroatoms. The smallest absolute Gasteiger partial charge is 0.290 e. The fourth-order valence-corrected chi connectivity index (χ4v) is 2.72. The molecule has 2 aromatic rings. The Labute approximate surface area is 137 Å². The Balaban J connectivity index is 1.73. The van der Waals surface area contributed by atoms with Crippen molar-refractivity contribution in [3.63, 3.8) is 0 Å². The second kappa shape index (κ2) is 6.79. The normalized spacial score (nSPS) is 17.0. The number of nitrogens with zero attached hydrogens (tertiary/aromatic N) is 2. The molecule has 2 heterocycles. The van der Waals surface area contributed by atoms with Gasteiger partial charge in [-0.25, -0.2) is 4.68 Å². The molecule has 1 saturated heterocycles. The quantitative estimate of drug-likeness (QED) is 0.786. The van der Waals surface area contributed by atoms with Crippen LogP contribution in [-0.2, 0) is 16.6 Å². The fourth-order valence-electron chi connectivity index (χ4n) is 2.72. The summed E-state index contributed by atoms with van der Waals surface area (Å²) in [6.07, 6.45) is 1.88. The van der Waals surface area contributed by atoms with E-state index in [1.165, 1.54) is 7.05 Å². The van der Waals surface area contributed by atoms with Gasteiger partial charge in [-0.15, -0.1) is 0 Å². The molecule has 0 radical (unpaired) electrons. The molecule has 3 rings (SSSR count). The summed E-state index contributed by atoms with van der Waals surface area (Å²) in [6, 6.07) is 6.71. The lowest BCUT2D eigenvalue weighted by molar-refractivity contribution is -0.124. The van der Waals surface area contributed by atoms with E-state index in [1.807, 2.05) is 0 Å². The van der Waals surface area contributed by atoms with Crippen molar-refractivity contribution in [3.8, 4) is 0 Å². The minimum Gasteiger partial charge on any atom is -0.378 e. The van der Waals surface area contributed by atoms with E-state index in [9.17, 15) is 14.4 Å². The van der Waals surface area contributed by atoms with Crippen LogP contribution < -0.4 is 16.4 Å². The molecule has 2 amide bonds. The Morgan fingerprint density at radius 2 is 2.04 bits per heavy atom. The summed E-state index contributed by atoms with van der Waals surface area (Å²) in [6.45, 7) is 0.665. The van der Waals surface area contributed by atoms with Gasteiger partial charge in [0.25, 0.3) is 11.5 Å². The van der Waals surface area contributed by atoms with Crippen LogP contribution in [0.1, 0.15) is 29.8 Å². The van der Waals surface area contributed by atoms with Crippen molar-refractivity contribution >= 4 is 22.6 Å². The predicted molar refractivity (Wildman–Crippen MR) is 86.2 cm³/mol. The molecule has 0 aliphatic carbocycles. The van der Waals surface area contributed by atoms with Crippen molar-refractivity contribution in [2.24, 2.45) is 7.05 Å². The van der Waals surface area contributed by atoms with E-state index in [2.05, 4.69) is 16.0 Å². The highest BCUT2D eigenvalue weighted by Gasteiger charge is 2.20. The van der Waals surface area contributed by atoms with E-state index in [0.717, 1.165) is 17.5 Å². The molecule has 1 fully saturated rings. The molecule has 24 heavy (non-hydrogen) atoms. The van der Waals surface area contributed by atoms with Gasteiger partial charge >= 0.3 is 0 Å². The number of hydrogen-bond donors (Lipinski definition) is 2. The van der Waals surface area contributed by atoms with Crippen LogP contribution in [0.5, 0.6) is 0 Å². The van der Waals surface area contributed by atoms with E-state index in [0.29, 0.717) is 17.4 Å². The number of aryl methyl sites for hydroxylation is 1. The van der Waals surface area contributed by atoms with Crippen molar-refractivity contribution in [2.75, 3.05) is 6.61 Å². The molecule has 0 bridgehead atoms. The maximum absolute atomic E-state index is 12.3.